The minimum Gasteiger partial charge on any atom is -0.302 e. The summed E-state index contributed by atoms with van der Waals surface area (Å²) in [4.78, 5) is 9.04. The summed E-state index contributed by atoms with van der Waals surface area (Å²) in [6.45, 7) is 2.90. The van der Waals surface area contributed by atoms with E-state index in [4.69, 9.17) is 17.7 Å². The Bertz CT molecular complexity index is 259. The predicted molar refractivity (Wildman–Crippen MR) is 48.6 cm³/mol. The van der Waals surface area contributed by atoms with E-state index >= 15 is 0 Å². The third-order valence-corrected chi connectivity index (χ3v) is 2.22. The van der Waals surface area contributed by atoms with Crippen LogP contribution in [0.3, 0.4) is 0 Å². The lowest BCUT2D eigenvalue weighted by molar-refractivity contribution is 0.122. The molecule has 0 bridgehead atoms. The van der Waals surface area contributed by atoms with Gasteiger partial charge in [-0.3, -0.25) is 9.05 Å². The van der Waals surface area contributed by atoms with Crippen molar-refractivity contribution in [2.45, 2.75) is 26.1 Å². The van der Waals surface area contributed by atoms with E-state index in [1.54, 1.807) is 0 Å². The van der Waals surface area contributed by atoms with E-state index in [2.05, 4.69) is 20.9 Å². The molecule has 5 heteroatoms. The van der Waals surface area contributed by atoms with Crippen molar-refractivity contribution in [3.63, 3.8) is 0 Å². The average molecular weight is 202 g/mol. The van der Waals surface area contributed by atoms with Crippen molar-refractivity contribution in [1.82, 2.24) is 0 Å². The maximum Gasteiger partial charge on any atom is 0.474 e. The van der Waals surface area contributed by atoms with E-state index in [0.717, 1.165) is 0 Å². The molecule has 0 aliphatic carbocycles. The Hall–Kier alpha value is -0.770. The second-order valence-corrected chi connectivity index (χ2v) is 3.66. The standard InChI is InChI=1S/C8H11O4P/c1-5-7(3)11-13(9,10)12-8(4)6-2/h1-2,7-8H,3-4H3,(H,9,10). The molecule has 0 radical (unpaired) electrons. The number of rotatable bonds is 4. The number of hydrogen-bond acceptors (Lipinski definition) is 3. The summed E-state index contributed by atoms with van der Waals surface area (Å²) in [5.74, 6) is 4.25. The van der Waals surface area contributed by atoms with Crippen molar-refractivity contribution in [2.75, 3.05) is 0 Å². The van der Waals surface area contributed by atoms with Crippen LogP contribution in [-0.2, 0) is 13.6 Å². The van der Waals surface area contributed by atoms with Gasteiger partial charge in [0.15, 0.2) is 0 Å². The smallest absolute Gasteiger partial charge is 0.302 e. The van der Waals surface area contributed by atoms with Crippen LogP contribution in [0.4, 0.5) is 0 Å². The van der Waals surface area contributed by atoms with Crippen LogP contribution < -0.4 is 0 Å². The average Bonchev–Trinajstić information content (AvgIpc) is 2.02. The fourth-order valence-corrected chi connectivity index (χ4v) is 1.46. The van der Waals surface area contributed by atoms with Gasteiger partial charge in [0, 0.05) is 0 Å². The molecule has 13 heavy (non-hydrogen) atoms. The third-order valence-electron chi connectivity index (χ3n) is 1.05. The SMILES string of the molecule is C#CC(C)OP(=O)(O)OC(C)C#C. The number of phosphoric acid groups is 1. The lowest BCUT2D eigenvalue weighted by atomic mass is 10.4. The quantitative estimate of drug-likeness (QED) is 0.549. The Kier molecular flexibility index (Phi) is 4.77. The number of hydrogen-bond donors (Lipinski definition) is 1. The van der Waals surface area contributed by atoms with Crippen LogP contribution in [0.15, 0.2) is 0 Å². The molecule has 0 amide bonds. The molecule has 72 valence electrons. The summed E-state index contributed by atoms with van der Waals surface area (Å²) in [6, 6.07) is 0. The molecular formula is C8H11O4P. The molecule has 0 aromatic rings. The first-order chi connectivity index (χ1) is 5.91. The van der Waals surface area contributed by atoms with Crippen molar-refractivity contribution in [3.05, 3.63) is 0 Å². The molecule has 1 N–H and O–H groups in total. The first-order valence-corrected chi connectivity index (χ1v) is 5.02. The third kappa shape index (κ3) is 5.47. The second kappa shape index (κ2) is 5.07. The molecule has 0 saturated heterocycles. The Balaban J connectivity index is 4.20. The van der Waals surface area contributed by atoms with Gasteiger partial charge in [-0.1, -0.05) is 11.8 Å². The molecule has 0 aliphatic rings. The molecule has 4 nitrogen and oxygen atoms in total. The zero-order valence-electron chi connectivity index (χ0n) is 7.43. The van der Waals surface area contributed by atoms with Crippen molar-refractivity contribution >= 4 is 7.82 Å². The fraction of sp³-hybridized carbons (Fsp3) is 0.500. The van der Waals surface area contributed by atoms with Gasteiger partial charge in [-0.25, -0.2) is 4.57 Å². The number of terminal acetylenes is 2. The molecule has 0 heterocycles. The Morgan fingerprint density at radius 3 is 1.77 bits per heavy atom. The molecule has 0 aromatic carbocycles. The van der Waals surface area contributed by atoms with Crippen LogP contribution in [-0.4, -0.2) is 17.1 Å². The van der Waals surface area contributed by atoms with Crippen LogP contribution in [0, 0.1) is 24.7 Å². The van der Waals surface area contributed by atoms with Gasteiger partial charge in [0.25, 0.3) is 0 Å². The second-order valence-electron chi connectivity index (χ2n) is 2.30. The fourth-order valence-electron chi connectivity index (χ4n) is 0.485. The van der Waals surface area contributed by atoms with E-state index in [9.17, 15) is 4.57 Å². The van der Waals surface area contributed by atoms with Gasteiger partial charge in [0.1, 0.15) is 12.2 Å². The molecule has 0 fully saturated rings. The highest BCUT2D eigenvalue weighted by molar-refractivity contribution is 7.47. The van der Waals surface area contributed by atoms with Crippen molar-refractivity contribution in [2.24, 2.45) is 0 Å². The minimum absolute atomic E-state index is 0.791. The minimum atomic E-state index is -4.12. The Morgan fingerprint density at radius 1 is 1.23 bits per heavy atom. The molecule has 0 saturated carbocycles. The van der Waals surface area contributed by atoms with E-state index in [0.29, 0.717) is 0 Å². The first kappa shape index (κ1) is 12.2. The molecule has 2 atom stereocenters. The Labute approximate surface area is 77.9 Å². The van der Waals surface area contributed by atoms with E-state index in [1.165, 1.54) is 13.8 Å². The van der Waals surface area contributed by atoms with E-state index in [1.807, 2.05) is 0 Å². The van der Waals surface area contributed by atoms with Crippen LogP contribution in [0.5, 0.6) is 0 Å². The van der Waals surface area contributed by atoms with E-state index < -0.39 is 20.0 Å². The molecule has 0 rings (SSSR count). The van der Waals surface area contributed by atoms with Gasteiger partial charge in [-0.2, -0.15) is 0 Å². The van der Waals surface area contributed by atoms with Crippen molar-refractivity contribution in [1.29, 1.82) is 0 Å². The van der Waals surface area contributed by atoms with Gasteiger partial charge in [0.05, 0.1) is 0 Å². The van der Waals surface area contributed by atoms with Gasteiger partial charge in [0.2, 0.25) is 0 Å². The lowest BCUT2D eigenvalue weighted by Crippen LogP contribution is -2.09. The largest absolute Gasteiger partial charge is 0.474 e. The maximum absolute atomic E-state index is 11.1. The van der Waals surface area contributed by atoms with Gasteiger partial charge in [-0.15, -0.1) is 12.8 Å². The molecule has 0 aromatic heterocycles. The monoisotopic (exact) mass is 202 g/mol. The van der Waals surface area contributed by atoms with Crippen LogP contribution in [0.2, 0.25) is 0 Å². The van der Waals surface area contributed by atoms with Crippen LogP contribution in [0.25, 0.3) is 0 Å². The van der Waals surface area contributed by atoms with Crippen LogP contribution >= 0.6 is 7.82 Å². The topological polar surface area (TPSA) is 55.8 Å². The molecule has 0 spiro atoms. The number of phosphoric ester groups is 1. The zero-order valence-corrected chi connectivity index (χ0v) is 8.32. The van der Waals surface area contributed by atoms with Crippen molar-refractivity contribution in [3.8, 4) is 24.7 Å². The molecular weight excluding hydrogens is 191 g/mol. The van der Waals surface area contributed by atoms with E-state index in [-0.39, 0.29) is 0 Å². The summed E-state index contributed by atoms with van der Waals surface area (Å²) in [7, 11) is -4.12. The summed E-state index contributed by atoms with van der Waals surface area (Å²) >= 11 is 0. The summed E-state index contributed by atoms with van der Waals surface area (Å²) in [6.07, 6.45) is 8.30. The summed E-state index contributed by atoms with van der Waals surface area (Å²) in [5, 5.41) is 0. The summed E-state index contributed by atoms with van der Waals surface area (Å²) < 4.78 is 20.1. The predicted octanol–water partition coefficient (Wildman–Crippen LogP) is 1.16. The highest BCUT2D eigenvalue weighted by atomic mass is 31.2. The van der Waals surface area contributed by atoms with Gasteiger partial charge < -0.3 is 4.89 Å². The normalized spacial score (nSPS) is 19.2. The molecule has 2 unspecified atom stereocenters. The van der Waals surface area contributed by atoms with Crippen molar-refractivity contribution < 1.29 is 18.5 Å². The van der Waals surface area contributed by atoms with Gasteiger partial charge >= 0.3 is 7.82 Å². The molecule has 0 aliphatic heterocycles. The maximum atomic E-state index is 11.1. The van der Waals surface area contributed by atoms with Gasteiger partial charge in [-0.05, 0) is 13.8 Å². The first-order valence-electron chi connectivity index (χ1n) is 3.53. The lowest BCUT2D eigenvalue weighted by Gasteiger charge is -2.15. The zero-order chi connectivity index (χ0) is 10.5. The summed E-state index contributed by atoms with van der Waals surface area (Å²) in [5.41, 5.74) is 0. The highest BCUT2D eigenvalue weighted by Crippen LogP contribution is 2.45. The highest BCUT2D eigenvalue weighted by Gasteiger charge is 2.25. The van der Waals surface area contributed by atoms with Crippen LogP contribution in [0.1, 0.15) is 13.8 Å². The Morgan fingerprint density at radius 2 is 1.54 bits per heavy atom.